The van der Waals surface area contributed by atoms with Crippen LogP contribution in [0.25, 0.3) is 0 Å². The normalized spacial score (nSPS) is 25.5. The molecule has 2 heterocycles. The summed E-state index contributed by atoms with van der Waals surface area (Å²) >= 11 is 0. The van der Waals surface area contributed by atoms with E-state index in [9.17, 15) is 9.90 Å². The fourth-order valence-corrected chi connectivity index (χ4v) is 3.13. The highest BCUT2D eigenvalue weighted by Crippen LogP contribution is 2.12. The van der Waals surface area contributed by atoms with Gasteiger partial charge in [-0.2, -0.15) is 0 Å². The molecule has 0 aromatic heterocycles. The monoisotopic (exact) mass is 319 g/mol. The average molecular weight is 319 g/mol. The summed E-state index contributed by atoms with van der Waals surface area (Å²) in [5, 5.41) is 12.6. The third kappa shape index (κ3) is 4.43. The molecule has 2 atom stereocenters. The highest BCUT2D eigenvalue weighted by Gasteiger charge is 2.32. The Balaban J connectivity index is 1.36. The number of β-amino-alcohol motifs (C(OH)–C–C–N with tert-alkyl or cyclic N) is 1. The first-order valence-corrected chi connectivity index (χ1v) is 8.33. The molecule has 126 valence electrons. The number of benzene rings is 1. The van der Waals surface area contributed by atoms with Gasteiger partial charge in [0.2, 0.25) is 5.91 Å². The highest BCUT2D eigenvalue weighted by molar-refractivity contribution is 5.82. The van der Waals surface area contributed by atoms with E-state index < -0.39 is 0 Å². The lowest BCUT2D eigenvalue weighted by Gasteiger charge is -2.35. The lowest BCUT2D eigenvalue weighted by molar-refractivity contribution is -0.135. The van der Waals surface area contributed by atoms with Crippen LogP contribution in [-0.4, -0.2) is 78.8 Å². The molecule has 1 aromatic carbocycles. The zero-order valence-corrected chi connectivity index (χ0v) is 13.4. The Morgan fingerprint density at radius 1 is 1.22 bits per heavy atom. The lowest BCUT2D eigenvalue weighted by atomic mass is 10.1. The van der Waals surface area contributed by atoms with Gasteiger partial charge in [-0.1, -0.05) is 18.2 Å². The summed E-state index contributed by atoms with van der Waals surface area (Å²) in [5.74, 6) is 1.02. The fourth-order valence-electron chi connectivity index (χ4n) is 3.13. The van der Waals surface area contributed by atoms with E-state index in [2.05, 4.69) is 10.2 Å². The second-order valence-electron chi connectivity index (χ2n) is 6.18. The van der Waals surface area contributed by atoms with E-state index in [4.69, 9.17) is 4.74 Å². The van der Waals surface area contributed by atoms with Crippen LogP contribution in [-0.2, 0) is 4.79 Å². The minimum Gasteiger partial charge on any atom is -0.492 e. The van der Waals surface area contributed by atoms with E-state index in [1.54, 1.807) is 0 Å². The Hall–Kier alpha value is -1.63. The molecule has 6 nitrogen and oxygen atoms in total. The smallest absolute Gasteiger partial charge is 0.239 e. The number of aliphatic hydroxyl groups excluding tert-OH is 1. The van der Waals surface area contributed by atoms with Crippen molar-refractivity contribution < 1.29 is 14.6 Å². The van der Waals surface area contributed by atoms with Crippen LogP contribution >= 0.6 is 0 Å². The number of nitrogens with zero attached hydrogens (tertiary/aromatic N) is 2. The van der Waals surface area contributed by atoms with Crippen molar-refractivity contribution in [3.8, 4) is 5.75 Å². The number of nitrogens with one attached hydrogen (secondary N) is 1. The van der Waals surface area contributed by atoms with Gasteiger partial charge in [-0.3, -0.25) is 9.69 Å². The maximum Gasteiger partial charge on any atom is 0.239 e. The summed E-state index contributed by atoms with van der Waals surface area (Å²) in [6.45, 7) is 5.30. The van der Waals surface area contributed by atoms with Gasteiger partial charge in [0.15, 0.2) is 0 Å². The maximum atomic E-state index is 12.4. The number of piperazine rings is 1. The van der Waals surface area contributed by atoms with Crippen molar-refractivity contribution >= 4 is 5.91 Å². The largest absolute Gasteiger partial charge is 0.492 e. The molecule has 2 N–H and O–H groups in total. The number of aliphatic hydroxyl groups is 1. The van der Waals surface area contributed by atoms with Crippen LogP contribution in [0.4, 0.5) is 0 Å². The van der Waals surface area contributed by atoms with Crippen molar-refractivity contribution in [1.29, 1.82) is 0 Å². The number of hydrogen-bond acceptors (Lipinski definition) is 5. The van der Waals surface area contributed by atoms with Gasteiger partial charge >= 0.3 is 0 Å². The summed E-state index contributed by atoms with van der Waals surface area (Å²) in [6.07, 6.45) is 0.143. The van der Waals surface area contributed by atoms with Crippen molar-refractivity contribution in [1.82, 2.24) is 15.1 Å². The predicted octanol–water partition coefficient (Wildman–Crippen LogP) is -0.0676. The number of para-hydroxylation sites is 1. The molecule has 2 unspecified atom stereocenters. The zero-order chi connectivity index (χ0) is 16.1. The molecule has 0 bridgehead atoms. The molecule has 2 aliphatic heterocycles. The average Bonchev–Trinajstić information content (AvgIpc) is 3.02. The van der Waals surface area contributed by atoms with Crippen LogP contribution in [0.3, 0.4) is 0 Å². The number of ether oxygens (including phenoxy) is 1. The van der Waals surface area contributed by atoms with E-state index in [0.29, 0.717) is 19.6 Å². The van der Waals surface area contributed by atoms with Gasteiger partial charge in [-0.05, 0) is 18.6 Å². The SMILES string of the molecule is O=C(C1CC(O)CN1)N1CCN(CCOc2ccccc2)CC1. The van der Waals surface area contributed by atoms with Gasteiger partial charge < -0.3 is 20.1 Å². The van der Waals surface area contributed by atoms with Crippen LogP contribution < -0.4 is 10.1 Å². The Labute approximate surface area is 137 Å². The van der Waals surface area contributed by atoms with Crippen LogP contribution in [0.15, 0.2) is 30.3 Å². The van der Waals surface area contributed by atoms with Gasteiger partial charge in [0.25, 0.3) is 0 Å². The summed E-state index contributed by atoms with van der Waals surface area (Å²) in [5.41, 5.74) is 0. The van der Waals surface area contributed by atoms with Crippen LogP contribution in [0.2, 0.25) is 0 Å². The molecule has 3 rings (SSSR count). The van der Waals surface area contributed by atoms with E-state index >= 15 is 0 Å². The molecule has 23 heavy (non-hydrogen) atoms. The first-order chi connectivity index (χ1) is 11.2. The van der Waals surface area contributed by atoms with Crippen LogP contribution in [0, 0.1) is 0 Å². The van der Waals surface area contributed by atoms with E-state index in [1.807, 2.05) is 35.2 Å². The molecule has 2 saturated heterocycles. The molecule has 0 radical (unpaired) electrons. The van der Waals surface area contributed by atoms with E-state index in [1.165, 1.54) is 0 Å². The molecule has 2 aliphatic rings. The number of carbonyl (C=O) groups excluding carboxylic acids is 1. The summed E-state index contributed by atoms with van der Waals surface area (Å²) in [7, 11) is 0. The van der Waals surface area contributed by atoms with E-state index in [0.717, 1.165) is 38.5 Å². The van der Waals surface area contributed by atoms with Gasteiger partial charge in [0.1, 0.15) is 12.4 Å². The molecule has 6 heteroatoms. The lowest BCUT2D eigenvalue weighted by Crippen LogP contribution is -2.53. The van der Waals surface area contributed by atoms with Crippen LogP contribution in [0.1, 0.15) is 6.42 Å². The van der Waals surface area contributed by atoms with Crippen molar-refractivity contribution in [3.05, 3.63) is 30.3 Å². The molecule has 1 aromatic rings. The maximum absolute atomic E-state index is 12.4. The summed E-state index contributed by atoms with van der Waals surface area (Å²) in [6, 6.07) is 9.61. The molecule has 0 aliphatic carbocycles. The number of rotatable bonds is 5. The molecule has 2 fully saturated rings. The first kappa shape index (κ1) is 16.2. The Bertz CT molecular complexity index is 503. The van der Waals surface area contributed by atoms with Crippen molar-refractivity contribution in [2.24, 2.45) is 0 Å². The summed E-state index contributed by atoms with van der Waals surface area (Å²) in [4.78, 5) is 16.6. The Morgan fingerprint density at radius 2 is 1.96 bits per heavy atom. The van der Waals surface area contributed by atoms with Crippen molar-refractivity contribution in [3.63, 3.8) is 0 Å². The minimum atomic E-state index is -0.389. The van der Waals surface area contributed by atoms with Gasteiger partial charge in [0.05, 0.1) is 12.1 Å². The molecular formula is C17H25N3O3. The number of hydrogen-bond donors (Lipinski definition) is 2. The van der Waals surface area contributed by atoms with Crippen LogP contribution in [0.5, 0.6) is 5.75 Å². The number of carbonyl (C=O) groups is 1. The molecular weight excluding hydrogens is 294 g/mol. The molecule has 0 saturated carbocycles. The van der Waals surface area contributed by atoms with E-state index in [-0.39, 0.29) is 18.1 Å². The fraction of sp³-hybridized carbons (Fsp3) is 0.588. The standard InChI is InChI=1S/C17H25N3O3/c21-14-12-16(18-13-14)17(22)20-8-6-19(7-9-20)10-11-23-15-4-2-1-3-5-15/h1-5,14,16,18,21H,6-13H2. The second kappa shape index (κ2) is 7.77. The third-order valence-corrected chi connectivity index (χ3v) is 4.51. The minimum absolute atomic E-state index is 0.127. The molecule has 1 amide bonds. The first-order valence-electron chi connectivity index (χ1n) is 8.33. The highest BCUT2D eigenvalue weighted by atomic mass is 16.5. The van der Waals surface area contributed by atoms with Gasteiger partial charge in [0, 0.05) is 39.3 Å². The Kier molecular flexibility index (Phi) is 5.48. The Morgan fingerprint density at radius 3 is 2.61 bits per heavy atom. The zero-order valence-electron chi connectivity index (χ0n) is 13.4. The predicted molar refractivity (Wildman–Crippen MR) is 87.4 cm³/mol. The molecule has 0 spiro atoms. The second-order valence-corrected chi connectivity index (χ2v) is 6.18. The van der Waals surface area contributed by atoms with Gasteiger partial charge in [-0.15, -0.1) is 0 Å². The summed E-state index contributed by atoms with van der Waals surface area (Å²) < 4.78 is 5.72. The third-order valence-electron chi connectivity index (χ3n) is 4.51. The van der Waals surface area contributed by atoms with Crippen molar-refractivity contribution in [2.75, 3.05) is 45.9 Å². The topological polar surface area (TPSA) is 65.0 Å². The van der Waals surface area contributed by atoms with Gasteiger partial charge in [-0.25, -0.2) is 0 Å². The quantitative estimate of drug-likeness (QED) is 0.796. The van der Waals surface area contributed by atoms with Crippen molar-refractivity contribution in [2.45, 2.75) is 18.6 Å². The number of amides is 1.